The monoisotopic (exact) mass is 398 g/mol. The molecule has 152 valence electrons. The number of hydrogen-bond acceptors (Lipinski definition) is 2. The van der Waals surface area contributed by atoms with Crippen LogP contribution in [0.15, 0.2) is 78.9 Å². The summed E-state index contributed by atoms with van der Waals surface area (Å²) in [6, 6.07) is 25.4. The predicted octanol–water partition coefficient (Wildman–Crippen LogP) is 5.28. The van der Waals surface area contributed by atoms with Gasteiger partial charge in [0, 0.05) is 24.3 Å². The van der Waals surface area contributed by atoms with Crippen LogP contribution in [0.25, 0.3) is 0 Å². The molecule has 1 saturated heterocycles. The fraction of sp³-hybridized carbons (Fsp3) is 0.231. The molecule has 4 nitrogen and oxygen atoms in total. The van der Waals surface area contributed by atoms with Gasteiger partial charge in [0.25, 0.3) is 0 Å². The van der Waals surface area contributed by atoms with E-state index in [2.05, 4.69) is 5.32 Å². The van der Waals surface area contributed by atoms with Gasteiger partial charge < -0.3 is 10.2 Å². The molecule has 0 atom stereocenters. The van der Waals surface area contributed by atoms with Gasteiger partial charge in [-0.2, -0.15) is 0 Å². The van der Waals surface area contributed by atoms with Crippen LogP contribution in [-0.2, 0) is 9.59 Å². The van der Waals surface area contributed by atoms with Crippen molar-refractivity contribution in [3.8, 4) is 0 Å². The molecule has 1 aliphatic rings. The molecule has 4 rings (SSSR count). The lowest BCUT2D eigenvalue weighted by atomic mass is 9.90. The molecule has 4 heteroatoms. The number of amides is 2. The molecule has 1 N–H and O–H groups in total. The second kappa shape index (κ2) is 8.95. The zero-order chi connectivity index (χ0) is 20.9. The fourth-order valence-corrected chi connectivity index (χ4v) is 4.10. The highest BCUT2D eigenvalue weighted by Crippen LogP contribution is 2.29. The minimum atomic E-state index is -0.393. The standard InChI is InChI=1S/C26H26N2O2/c1-19-18-22(15-16-23(19)28-17-9-8-14-24(28)29)27-26(30)25(20-10-4-2-5-11-20)21-12-6-3-7-13-21/h2-7,10-13,15-16,18,25H,8-9,14,17H2,1H3,(H,27,30). The van der Waals surface area contributed by atoms with E-state index in [-0.39, 0.29) is 11.8 Å². The first kappa shape index (κ1) is 19.9. The van der Waals surface area contributed by atoms with Gasteiger partial charge in [0.2, 0.25) is 11.8 Å². The van der Waals surface area contributed by atoms with Gasteiger partial charge in [-0.15, -0.1) is 0 Å². The molecule has 0 aromatic heterocycles. The Morgan fingerprint density at radius 1 is 0.900 bits per heavy atom. The third kappa shape index (κ3) is 4.28. The fourth-order valence-electron chi connectivity index (χ4n) is 4.10. The summed E-state index contributed by atoms with van der Waals surface area (Å²) in [5, 5.41) is 3.08. The molecule has 0 unspecified atom stereocenters. The van der Waals surface area contributed by atoms with Gasteiger partial charge in [-0.1, -0.05) is 60.7 Å². The number of carbonyl (C=O) groups excluding carboxylic acids is 2. The maximum Gasteiger partial charge on any atom is 0.236 e. The Bertz CT molecular complexity index is 992. The van der Waals surface area contributed by atoms with Crippen LogP contribution in [0.2, 0.25) is 0 Å². The first-order valence-electron chi connectivity index (χ1n) is 10.5. The van der Waals surface area contributed by atoms with Crippen LogP contribution in [0, 0.1) is 6.92 Å². The summed E-state index contributed by atoms with van der Waals surface area (Å²) in [5.74, 6) is -0.293. The quantitative estimate of drug-likeness (QED) is 0.635. The van der Waals surface area contributed by atoms with Gasteiger partial charge in [0.05, 0.1) is 5.92 Å². The summed E-state index contributed by atoms with van der Waals surface area (Å²) >= 11 is 0. The van der Waals surface area contributed by atoms with Crippen LogP contribution in [0.1, 0.15) is 41.9 Å². The predicted molar refractivity (Wildman–Crippen MR) is 121 cm³/mol. The van der Waals surface area contributed by atoms with Crippen molar-refractivity contribution in [2.24, 2.45) is 0 Å². The van der Waals surface area contributed by atoms with E-state index < -0.39 is 5.92 Å². The van der Waals surface area contributed by atoms with Crippen LogP contribution in [0.3, 0.4) is 0 Å². The Morgan fingerprint density at radius 2 is 1.53 bits per heavy atom. The number of anilines is 2. The molecule has 3 aromatic carbocycles. The first-order valence-corrected chi connectivity index (χ1v) is 10.5. The van der Waals surface area contributed by atoms with E-state index in [0.29, 0.717) is 6.42 Å². The van der Waals surface area contributed by atoms with Crippen molar-refractivity contribution in [1.82, 2.24) is 0 Å². The van der Waals surface area contributed by atoms with Crippen LogP contribution in [0.5, 0.6) is 0 Å². The Hall–Kier alpha value is -3.40. The van der Waals surface area contributed by atoms with E-state index in [1.54, 1.807) is 0 Å². The van der Waals surface area contributed by atoms with Gasteiger partial charge in [-0.05, 0) is 54.7 Å². The highest BCUT2D eigenvalue weighted by atomic mass is 16.2. The largest absolute Gasteiger partial charge is 0.325 e. The summed E-state index contributed by atoms with van der Waals surface area (Å²) < 4.78 is 0. The van der Waals surface area contributed by atoms with Gasteiger partial charge in [0.15, 0.2) is 0 Å². The second-order valence-electron chi connectivity index (χ2n) is 7.75. The number of nitrogens with one attached hydrogen (secondary N) is 1. The van der Waals surface area contributed by atoms with Gasteiger partial charge in [-0.3, -0.25) is 9.59 Å². The van der Waals surface area contributed by atoms with Crippen molar-refractivity contribution in [3.05, 3.63) is 95.6 Å². The van der Waals surface area contributed by atoms with Gasteiger partial charge in [-0.25, -0.2) is 0 Å². The number of rotatable bonds is 5. The number of benzene rings is 3. The minimum absolute atomic E-state index is 0.0754. The van der Waals surface area contributed by atoms with Crippen molar-refractivity contribution in [3.63, 3.8) is 0 Å². The van der Waals surface area contributed by atoms with Crippen molar-refractivity contribution in [2.75, 3.05) is 16.8 Å². The molecule has 0 radical (unpaired) electrons. The first-order chi connectivity index (χ1) is 14.6. The molecule has 1 fully saturated rings. The molecule has 2 amide bonds. The molecule has 30 heavy (non-hydrogen) atoms. The normalized spacial score (nSPS) is 14.1. The van der Waals surface area contributed by atoms with Gasteiger partial charge in [0.1, 0.15) is 0 Å². The Morgan fingerprint density at radius 3 is 2.10 bits per heavy atom. The highest BCUT2D eigenvalue weighted by Gasteiger charge is 2.24. The zero-order valence-corrected chi connectivity index (χ0v) is 17.2. The molecular formula is C26H26N2O2. The summed E-state index contributed by atoms with van der Waals surface area (Å²) in [6.45, 7) is 2.74. The summed E-state index contributed by atoms with van der Waals surface area (Å²) in [7, 11) is 0. The summed E-state index contributed by atoms with van der Waals surface area (Å²) in [5.41, 5.74) is 4.56. The zero-order valence-electron chi connectivity index (χ0n) is 17.2. The van der Waals surface area contributed by atoms with Crippen LogP contribution < -0.4 is 10.2 Å². The lowest BCUT2D eigenvalue weighted by Gasteiger charge is -2.28. The molecule has 1 aliphatic heterocycles. The van der Waals surface area contributed by atoms with E-state index in [1.807, 2.05) is 90.7 Å². The van der Waals surface area contributed by atoms with Gasteiger partial charge >= 0.3 is 0 Å². The van der Waals surface area contributed by atoms with Crippen LogP contribution >= 0.6 is 0 Å². The van der Waals surface area contributed by atoms with E-state index in [1.165, 1.54) is 0 Å². The molecule has 3 aromatic rings. The third-order valence-electron chi connectivity index (χ3n) is 5.61. The number of carbonyl (C=O) groups is 2. The van der Waals surface area contributed by atoms with Crippen molar-refractivity contribution < 1.29 is 9.59 Å². The van der Waals surface area contributed by atoms with E-state index in [0.717, 1.165) is 47.5 Å². The number of aryl methyl sites for hydroxylation is 1. The second-order valence-corrected chi connectivity index (χ2v) is 7.75. The van der Waals surface area contributed by atoms with E-state index >= 15 is 0 Å². The molecular weight excluding hydrogens is 372 g/mol. The minimum Gasteiger partial charge on any atom is -0.325 e. The van der Waals surface area contributed by atoms with Crippen molar-refractivity contribution >= 4 is 23.2 Å². The maximum atomic E-state index is 13.3. The third-order valence-corrected chi connectivity index (χ3v) is 5.61. The summed E-state index contributed by atoms with van der Waals surface area (Å²) in [6.07, 6.45) is 2.59. The van der Waals surface area contributed by atoms with Crippen LogP contribution in [0.4, 0.5) is 11.4 Å². The number of nitrogens with zero attached hydrogens (tertiary/aromatic N) is 1. The maximum absolute atomic E-state index is 13.3. The Balaban J connectivity index is 1.58. The lowest BCUT2D eigenvalue weighted by Crippen LogP contribution is -2.35. The molecule has 1 heterocycles. The molecule has 0 saturated carbocycles. The average Bonchev–Trinajstić information content (AvgIpc) is 2.76. The van der Waals surface area contributed by atoms with E-state index in [9.17, 15) is 9.59 Å². The van der Waals surface area contributed by atoms with Crippen LogP contribution in [-0.4, -0.2) is 18.4 Å². The number of hydrogen-bond donors (Lipinski definition) is 1. The topological polar surface area (TPSA) is 49.4 Å². The summed E-state index contributed by atoms with van der Waals surface area (Å²) in [4.78, 5) is 27.4. The van der Waals surface area contributed by atoms with Crippen molar-refractivity contribution in [2.45, 2.75) is 32.1 Å². The lowest BCUT2D eigenvalue weighted by molar-refractivity contribution is -0.119. The highest BCUT2D eigenvalue weighted by molar-refractivity contribution is 5.99. The molecule has 0 aliphatic carbocycles. The molecule has 0 spiro atoms. The molecule has 0 bridgehead atoms. The Kier molecular flexibility index (Phi) is 5.94. The van der Waals surface area contributed by atoms with E-state index in [4.69, 9.17) is 0 Å². The smallest absolute Gasteiger partial charge is 0.236 e. The number of piperidine rings is 1. The SMILES string of the molecule is Cc1cc(NC(=O)C(c2ccccc2)c2ccccc2)ccc1N1CCCCC1=O. The van der Waals surface area contributed by atoms with Crippen molar-refractivity contribution in [1.29, 1.82) is 0 Å². The average molecular weight is 399 g/mol. The Labute approximate surface area is 177 Å².